The topological polar surface area (TPSA) is 46.2 Å². The Kier molecular flexibility index (Phi) is 4.62. The molecule has 0 aromatic heterocycles. The maximum atomic E-state index is 11.9. The van der Waals surface area contributed by atoms with Crippen LogP contribution in [0.3, 0.4) is 0 Å². The van der Waals surface area contributed by atoms with E-state index in [4.69, 9.17) is 23.2 Å². The molecule has 0 saturated heterocycles. The normalized spacial score (nSPS) is 13.8. The van der Waals surface area contributed by atoms with E-state index >= 15 is 0 Å². The fourth-order valence-corrected chi connectivity index (χ4v) is 3.18. The van der Waals surface area contributed by atoms with Crippen LogP contribution in [-0.2, 0) is 10.0 Å². The second-order valence-corrected chi connectivity index (χ2v) is 6.03. The van der Waals surface area contributed by atoms with Crippen LogP contribution < -0.4 is 4.72 Å². The zero-order chi connectivity index (χ0) is 12.3. The minimum absolute atomic E-state index is 0.0157. The van der Waals surface area contributed by atoms with E-state index in [0.29, 0.717) is 11.4 Å². The van der Waals surface area contributed by atoms with E-state index in [9.17, 15) is 8.42 Å². The Balaban J connectivity index is 3.12. The van der Waals surface area contributed by atoms with Crippen LogP contribution in [0.5, 0.6) is 0 Å². The van der Waals surface area contributed by atoms with E-state index in [2.05, 4.69) is 4.72 Å². The highest BCUT2D eigenvalue weighted by molar-refractivity contribution is 7.89. The minimum Gasteiger partial charge on any atom is -0.208 e. The third-order valence-electron chi connectivity index (χ3n) is 2.15. The number of benzene rings is 1. The Morgan fingerprint density at radius 2 is 2.00 bits per heavy atom. The van der Waals surface area contributed by atoms with Gasteiger partial charge < -0.3 is 0 Å². The van der Waals surface area contributed by atoms with Crippen LogP contribution in [0.4, 0.5) is 0 Å². The summed E-state index contributed by atoms with van der Waals surface area (Å²) in [6, 6.07) is 4.22. The SMILES string of the molecule is CC[C@H](C)NS(=O)(=O)c1cc(Cl)ccc1Cl. The number of nitrogens with one attached hydrogen (secondary N) is 1. The van der Waals surface area contributed by atoms with Gasteiger partial charge in [0, 0.05) is 11.1 Å². The van der Waals surface area contributed by atoms with Crippen molar-refractivity contribution >= 4 is 33.2 Å². The number of rotatable bonds is 4. The Labute approximate surface area is 106 Å². The molecule has 0 unspecified atom stereocenters. The van der Waals surface area contributed by atoms with Crippen LogP contribution in [0.2, 0.25) is 10.0 Å². The van der Waals surface area contributed by atoms with Crippen LogP contribution in [0.15, 0.2) is 23.1 Å². The molecule has 0 spiro atoms. The van der Waals surface area contributed by atoms with Crippen molar-refractivity contribution in [1.82, 2.24) is 4.72 Å². The predicted molar refractivity (Wildman–Crippen MR) is 66.5 cm³/mol. The van der Waals surface area contributed by atoms with Gasteiger partial charge in [0.2, 0.25) is 10.0 Å². The zero-order valence-corrected chi connectivity index (χ0v) is 11.3. The fourth-order valence-electron chi connectivity index (χ4n) is 1.09. The van der Waals surface area contributed by atoms with Gasteiger partial charge in [-0.2, -0.15) is 0 Å². The molecule has 0 aliphatic carbocycles. The van der Waals surface area contributed by atoms with Gasteiger partial charge in [0.05, 0.1) is 5.02 Å². The van der Waals surface area contributed by atoms with Gasteiger partial charge in [0.1, 0.15) is 4.90 Å². The molecule has 16 heavy (non-hydrogen) atoms. The van der Waals surface area contributed by atoms with Crippen LogP contribution in [0.25, 0.3) is 0 Å². The van der Waals surface area contributed by atoms with E-state index in [1.165, 1.54) is 12.1 Å². The first-order valence-electron chi connectivity index (χ1n) is 4.84. The van der Waals surface area contributed by atoms with E-state index in [0.717, 1.165) is 0 Å². The first-order valence-corrected chi connectivity index (χ1v) is 7.08. The largest absolute Gasteiger partial charge is 0.242 e. The molecule has 0 aliphatic rings. The summed E-state index contributed by atoms with van der Waals surface area (Å²) >= 11 is 11.6. The van der Waals surface area contributed by atoms with Gasteiger partial charge in [-0.05, 0) is 31.5 Å². The van der Waals surface area contributed by atoms with E-state index in [-0.39, 0.29) is 16.0 Å². The van der Waals surface area contributed by atoms with Gasteiger partial charge in [-0.1, -0.05) is 30.1 Å². The lowest BCUT2D eigenvalue weighted by atomic mass is 10.3. The molecular weight excluding hydrogens is 269 g/mol. The molecular formula is C10H13Cl2NO2S. The van der Waals surface area contributed by atoms with Crippen LogP contribution in [-0.4, -0.2) is 14.5 Å². The van der Waals surface area contributed by atoms with Gasteiger partial charge >= 0.3 is 0 Å². The highest BCUT2D eigenvalue weighted by Gasteiger charge is 2.19. The molecule has 0 radical (unpaired) electrons. The summed E-state index contributed by atoms with van der Waals surface area (Å²) in [6.45, 7) is 3.68. The lowest BCUT2D eigenvalue weighted by Gasteiger charge is -2.13. The van der Waals surface area contributed by atoms with Crippen LogP contribution >= 0.6 is 23.2 Å². The summed E-state index contributed by atoms with van der Waals surface area (Å²) < 4.78 is 26.4. The molecule has 0 amide bonds. The van der Waals surface area contributed by atoms with Crippen molar-refractivity contribution in [2.45, 2.75) is 31.2 Å². The van der Waals surface area contributed by atoms with Gasteiger partial charge in [-0.25, -0.2) is 13.1 Å². The summed E-state index contributed by atoms with van der Waals surface area (Å²) in [6.07, 6.45) is 0.706. The first-order chi connectivity index (χ1) is 7.36. The van der Waals surface area contributed by atoms with Crippen molar-refractivity contribution < 1.29 is 8.42 Å². The smallest absolute Gasteiger partial charge is 0.208 e. The lowest BCUT2D eigenvalue weighted by Crippen LogP contribution is -2.32. The highest BCUT2D eigenvalue weighted by atomic mass is 35.5. The molecule has 1 aromatic rings. The zero-order valence-electron chi connectivity index (χ0n) is 9.00. The molecule has 0 bridgehead atoms. The number of halogens is 2. The molecule has 0 saturated carbocycles. The molecule has 0 aliphatic heterocycles. The summed E-state index contributed by atoms with van der Waals surface area (Å²) in [5.74, 6) is 0. The summed E-state index contributed by atoms with van der Waals surface area (Å²) in [4.78, 5) is 0.0157. The third-order valence-corrected chi connectivity index (χ3v) is 4.46. The second-order valence-electron chi connectivity index (χ2n) is 3.51. The van der Waals surface area contributed by atoms with Crippen LogP contribution in [0, 0.1) is 0 Å². The molecule has 3 nitrogen and oxygen atoms in total. The van der Waals surface area contributed by atoms with E-state index in [1.54, 1.807) is 13.0 Å². The third kappa shape index (κ3) is 3.35. The predicted octanol–water partition coefficient (Wildman–Crippen LogP) is 3.07. The monoisotopic (exact) mass is 281 g/mol. The molecule has 90 valence electrons. The molecule has 1 N–H and O–H groups in total. The Morgan fingerprint density at radius 1 is 1.38 bits per heavy atom. The average Bonchev–Trinajstić information content (AvgIpc) is 2.20. The average molecular weight is 282 g/mol. The van der Waals surface area contributed by atoms with Gasteiger partial charge in [0.15, 0.2) is 0 Å². The highest BCUT2D eigenvalue weighted by Crippen LogP contribution is 2.25. The minimum atomic E-state index is -3.59. The summed E-state index contributed by atoms with van der Waals surface area (Å²) in [5.41, 5.74) is 0. The molecule has 6 heteroatoms. The molecule has 1 atom stereocenters. The molecule has 0 fully saturated rings. The standard InChI is InChI=1S/C10H13Cl2NO2S/c1-3-7(2)13-16(14,15)10-6-8(11)4-5-9(10)12/h4-7,13H,3H2,1-2H3/t7-/m0/s1. The first kappa shape index (κ1) is 13.8. The Morgan fingerprint density at radius 3 is 2.56 bits per heavy atom. The Hall–Kier alpha value is -0.290. The summed E-state index contributed by atoms with van der Waals surface area (Å²) in [7, 11) is -3.59. The van der Waals surface area contributed by atoms with Gasteiger partial charge in [-0.3, -0.25) is 0 Å². The second kappa shape index (κ2) is 5.36. The molecule has 1 rings (SSSR count). The Bertz CT molecular complexity index is 474. The van der Waals surface area contributed by atoms with Crippen molar-refractivity contribution in [1.29, 1.82) is 0 Å². The number of hydrogen-bond donors (Lipinski definition) is 1. The van der Waals surface area contributed by atoms with Crippen molar-refractivity contribution in [3.05, 3.63) is 28.2 Å². The quantitative estimate of drug-likeness (QED) is 0.922. The molecule has 0 heterocycles. The van der Waals surface area contributed by atoms with Crippen molar-refractivity contribution in [3.8, 4) is 0 Å². The van der Waals surface area contributed by atoms with Crippen molar-refractivity contribution in [2.24, 2.45) is 0 Å². The lowest BCUT2D eigenvalue weighted by molar-refractivity contribution is 0.556. The van der Waals surface area contributed by atoms with E-state index < -0.39 is 10.0 Å². The fraction of sp³-hybridized carbons (Fsp3) is 0.400. The summed E-state index contributed by atoms with van der Waals surface area (Å²) in [5, 5.41) is 0.508. The van der Waals surface area contributed by atoms with E-state index in [1.807, 2.05) is 6.92 Å². The van der Waals surface area contributed by atoms with Gasteiger partial charge in [0.25, 0.3) is 0 Å². The van der Waals surface area contributed by atoms with Crippen LogP contribution in [0.1, 0.15) is 20.3 Å². The molecule has 1 aromatic carbocycles. The maximum Gasteiger partial charge on any atom is 0.242 e. The van der Waals surface area contributed by atoms with Crippen molar-refractivity contribution in [2.75, 3.05) is 0 Å². The van der Waals surface area contributed by atoms with Gasteiger partial charge in [-0.15, -0.1) is 0 Å². The number of hydrogen-bond acceptors (Lipinski definition) is 2. The van der Waals surface area contributed by atoms with Crippen molar-refractivity contribution in [3.63, 3.8) is 0 Å². The number of sulfonamides is 1. The maximum absolute atomic E-state index is 11.9.